The number of rotatable bonds is 3. The number of aliphatic hydroxyl groups excluding tert-OH is 6. The molecule has 0 amide bonds. The molecule has 2 aliphatic heterocycles. The molecular weight excluding hydrogens is 397 g/mol. The molecule has 0 aromatic carbocycles. The topological polar surface area (TPSA) is 199 Å². The summed E-state index contributed by atoms with van der Waals surface area (Å²) in [5.74, 6) is 0. The van der Waals surface area contributed by atoms with E-state index >= 15 is 0 Å². The number of hydrogen-bond donors (Lipinski definition) is 7. The molecule has 13 nitrogen and oxygen atoms in total. The van der Waals surface area contributed by atoms with Crippen LogP contribution in [0.5, 0.6) is 0 Å². The molecule has 4 heterocycles. The van der Waals surface area contributed by atoms with Crippen LogP contribution in [0.25, 0.3) is 11.2 Å². The van der Waals surface area contributed by atoms with Crippen molar-refractivity contribution in [3.8, 4) is 0 Å². The van der Waals surface area contributed by atoms with Crippen molar-refractivity contribution in [1.29, 1.82) is 5.41 Å². The van der Waals surface area contributed by atoms with Crippen LogP contribution in [-0.4, -0.2) is 99.6 Å². The molecular formula is C15H20FN5O8. The molecule has 0 spiro atoms. The van der Waals surface area contributed by atoms with Crippen LogP contribution in [0.3, 0.4) is 0 Å². The summed E-state index contributed by atoms with van der Waals surface area (Å²) in [6.07, 6.45) is -11.9. The molecule has 0 bridgehead atoms. The van der Waals surface area contributed by atoms with Gasteiger partial charge in [-0.3, -0.25) is 14.5 Å². The lowest BCUT2D eigenvalue weighted by Crippen LogP contribution is -2.51. The predicted octanol–water partition coefficient (Wildman–Crippen LogP) is -3.93. The van der Waals surface area contributed by atoms with Gasteiger partial charge >= 0.3 is 0 Å². The van der Waals surface area contributed by atoms with Gasteiger partial charge in [-0.2, -0.15) is 9.37 Å². The molecule has 0 radical (unpaired) electrons. The third kappa shape index (κ3) is 3.04. The van der Waals surface area contributed by atoms with Crippen molar-refractivity contribution in [1.82, 2.24) is 19.1 Å². The average molecular weight is 417 g/mol. The lowest BCUT2D eigenvalue weighted by molar-refractivity contribution is -0.212. The Morgan fingerprint density at radius 3 is 2.45 bits per heavy atom. The highest BCUT2D eigenvalue weighted by molar-refractivity contribution is 5.70. The van der Waals surface area contributed by atoms with Gasteiger partial charge in [-0.15, -0.1) is 0 Å². The Hall–Kier alpha value is -2.04. The first-order valence-electron chi connectivity index (χ1n) is 8.73. The Kier molecular flexibility index (Phi) is 5.12. The van der Waals surface area contributed by atoms with Crippen LogP contribution in [0.1, 0.15) is 12.5 Å². The summed E-state index contributed by atoms with van der Waals surface area (Å²) in [4.78, 5) is 7.39. The summed E-state index contributed by atoms with van der Waals surface area (Å²) in [5.41, 5.74) is -0.879. The first-order valence-corrected chi connectivity index (χ1v) is 8.73. The number of imidazole rings is 1. The van der Waals surface area contributed by atoms with Crippen LogP contribution in [-0.2, 0) is 9.47 Å². The van der Waals surface area contributed by atoms with Gasteiger partial charge in [-0.1, -0.05) is 0 Å². The molecule has 0 saturated carbocycles. The number of hydrogen-bond acceptors (Lipinski definition) is 11. The number of aromatic nitrogens is 4. The fraction of sp³-hybridized carbons (Fsp3) is 0.667. The van der Waals surface area contributed by atoms with Gasteiger partial charge in [-0.05, 0) is 0 Å². The normalized spacial score (nSPS) is 38.0. The third-order valence-electron chi connectivity index (χ3n) is 5.14. The number of halogens is 1. The number of nitrogens with one attached hydrogen (secondary N) is 1. The van der Waals surface area contributed by atoms with E-state index in [4.69, 9.17) is 14.9 Å². The van der Waals surface area contributed by atoms with Crippen LogP contribution < -0.4 is 5.49 Å². The quantitative estimate of drug-likeness (QED) is 0.242. The summed E-state index contributed by atoms with van der Waals surface area (Å²) in [6, 6.07) is 0. The molecule has 160 valence electrons. The predicted molar refractivity (Wildman–Crippen MR) is 87.3 cm³/mol. The highest BCUT2D eigenvalue weighted by Crippen LogP contribution is 2.33. The van der Waals surface area contributed by atoms with Gasteiger partial charge < -0.3 is 40.1 Å². The lowest BCUT2D eigenvalue weighted by atomic mass is 10.0. The van der Waals surface area contributed by atoms with Gasteiger partial charge in [0.2, 0.25) is 0 Å². The maximum absolute atomic E-state index is 14.8. The van der Waals surface area contributed by atoms with Gasteiger partial charge in [0.25, 0.3) is 6.08 Å². The summed E-state index contributed by atoms with van der Waals surface area (Å²) in [5, 5.41) is 67.4. The summed E-state index contributed by atoms with van der Waals surface area (Å²) >= 11 is 0. The highest BCUT2D eigenvalue weighted by Gasteiger charge is 2.45. The van der Waals surface area contributed by atoms with Gasteiger partial charge in [-0.25, -0.2) is 4.98 Å². The standard InChI is InChI=1S/C15H20FN5O8/c16-15-19-11(17)6-12(21(15)14-9(26)7(24)4(23)2-28-14)20(3-18-6)13-10(27)8(25)5(1-22)29-13/h3-5,7-10,13-14,17,22-27H,1-2H2/t4-,5-,7-,8-,9+,10-,13-,14?/m1/s1. The minimum absolute atomic E-state index is 0.138. The molecule has 4 rings (SSSR count). The molecule has 2 aromatic heterocycles. The molecule has 1 unspecified atom stereocenters. The van der Waals surface area contributed by atoms with E-state index in [9.17, 15) is 35.0 Å². The number of ether oxygens (including phenoxy) is 2. The molecule has 2 saturated heterocycles. The van der Waals surface area contributed by atoms with Crippen molar-refractivity contribution in [2.75, 3.05) is 13.2 Å². The van der Waals surface area contributed by atoms with Crippen LogP contribution >= 0.6 is 0 Å². The summed E-state index contributed by atoms with van der Waals surface area (Å²) in [7, 11) is 0. The Labute approximate surface area is 161 Å². The fourth-order valence-electron chi connectivity index (χ4n) is 3.59. The molecule has 2 aliphatic rings. The zero-order valence-electron chi connectivity index (χ0n) is 14.8. The maximum Gasteiger partial charge on any atom is 0.295 e. The molecule has 14 heteroatoms. The van der Waals surface area contributed by atoms with Crippen molar-refractivity contribution in [2.24, 2.45) is 0 Å². The molecule has 29 heavy (non-hydrogen) atoms. The second kappa shape index (κ2) is 7.33. The van der Waals surface area contributed by atoms with Crippen molar-refractivity contribution < 1.29 is 44.5 Å². The fourth-order valence-corrected chi connectivity index (χ4v) is 3.59. The monoisotopic (exact) mass is 417 g/mol. The van der Waals surface area contributed by atoms with Crippen LogP contribution in [0.2, 0.25) is 0 Å². The van der Waals surface area contributed by atoms with Crippen molar-refractivity contribution in [3.63, 3.8) is 0 Å². The Bertz CT molecular complexity index is 968. The van der Waals surface area contributed by atoms with Crippen molar-refractivity contribution in [3.05, 3.63) is 17.9 Å². The molecule has 0 aliphatic carbocycles. The van der Waals surface area contributed by atoms with Crippen LogP contribution in [0.4, 0.5) is 4.39 Å². The van der Waals surface area contributed by atoms with Gasteiger partial charge in [0, 0.05) is 0 Å². The van der Waals surface area contributed by atoms with Gasteiger partial charge in [0.05, 0.1) is 19.5 Å². The van der Waals surface area contributed by atoms with E-state index < -0.39 is 73.9 Å². The van der Waals surface area contributed by atoms with Crippen molar-refractivity contribution in [2.45, 2.75) is 49.1 Å². The van der Waals surface area contributed by atoms with Crippen LogP contribution in [0.15, 0.2) is 6.33 Å². The van der Waals surface area contributed by atoms with Crippen molar-refractivity contribution >= 4 is 11.2 Å². The second-order valence-electron chi connectivity index (χ2n) is 6.92. The Morgan fingerprint density at radius 1 is 1.10 bits per heavy atom. The Balaban J connectivity index is 1.88. The molecule has 7 N–H and O–H groups in total. The third-order valence-corrected chi connectivity index (χ3v) is 5.14. The summed E-state index contributed by atoms with van der Waals surface area (Å²) in [6.45, 7) is -1.00. The zero-order valence-corrected chi connectivity index (χ0v) is 14.8. The SMILES string of the molecule is N=c1nc(F)n(C2OC[C@@H](O)[C@@H](O)[C@@H]2O)c2c1ncn2[C@@H]1O[C@H](CO)[C@@H](O)[C@H]1O. The zero-order chi connectivity index (χ0) is 21.0. The lowest BCUT2D eigenvalue weighted by Gasteiger charge is -2.36. The second-order valence-corrected chi connectivity index (χ2v) is 6.92. The maximum atomic E-state index is 14.8. The van der Waals surface area contributed by atoms with E-state index in [2.05, 4.69) is 9.97 Å². The molecule has 8 atom stereocenters. The minimum Gasteiger partial charge on any atom is -0.394 e. The number of nitrogens with zero attached hydrogens (tertiary/aromatic N) is 4. The number of aliphatic hydroxyl groups is 6. The smallest absolute Gasteiger partial charge is 0.295 e. The van der Waals surface area contributed by atoms with E-state index in [0.29, 0.717) is 0 Å². The van der Waals surface area contributed by atoms with Gasteiger partial charge in [0.1, 0.15) is 36.6 Å². The molecule has 2 aromatic rings. The van der Waals surface area contributed by atoms with E-state index in [1.54, 1.807) is 0 Å². The van der Waals surface area contributed by atoms with E-state index in [0.717, 1.165) is 15.5 Å². The average Bonchev–Trinajstić information content (AvgIpc) is 3.24. The largest absolute Gasteiger partial charge is 0.394 e. The van der Waals surface area contributed by atoms with E-state index in [-0.39, 0.29) is 11.2 Å². The van der Waals surface area contributed by atoms with Gasteiger partial charge in [0.15, 0.2) is 29.1 Å². The van der Waals surface area contributed by atoms with E-state index in [1.807, 2.05) is 0 Å². The number of fused-ring (bicyclic) bond motifs is 1. The highest BCUT2D eigenvalue weighted by atomic mass is 19.1. The van der Waals surface area contributed by atoms with E-state index in [1.165, 1.54) is 0 Å². The first-order chi connectivity index (χ1) is 13.8. The first kappa shape index (κ1) is 20.2. The summed E-state index contributed by atoms with van der Waals surface area (Å²) < 4.78 is 27.3. The molecule has 2 fully saturated rings. The van der Waals surface area contributed by atoms with Crippen LogP contribution in [0, 0.1) is 11.5 Å². The Morgan fingerprint density at radius 2 is 1.79 bits per heavy atom. The minimum atomic E-state index is -1.76.